The van der Waals surface area contributed by atoms with Gasteiger partial charge in [0.05, 0.1) is 0 Å². The summed E-state index contributed by atoms with van der Waals surface area (Å²) in [5.74, 6) is 2.11. The minimum atomic E-state index is 0.907. The number of rotatable bonds is 12. The van der Waals surface area contributed by atoms with Crippen molar-refractivity contribution in [3.63, 3.8) is 0 Å². The van der Waals surface area contributed by atoms with Gasteiger partial charge in [-0.3, -0.25) is 0 Å². The van der Waals surface area contributed by atoms with Crippen LogP contribution in [0.1, 0.15) is 90.4 Å². The molecule has 0 spiro atoms. The third-order valence-corrected chi connectivity index (χ3v) is 5.25. The maximum Gasteiger partial charge on any atom is 0.00683 e. The van der Waals surface area contributed by atoms with Crippen LogP contribution in [0.3, 0.4) is 0 Å². The van der Waals surface area contributed by atoms with Gasteiger partial charge < -0.3 is 5.32 Å². The van der Waals surface area contributed by atoms with Crippen molar-refractivity contribution in [2.24, 2.45) is 11.8 Å². The van der Waals surface area contributed by atoms with E-state index in [1.165, 1.54) is 90.0 Å². The van der Waals surface area contributed by atoms with Gasteiger partial charge in [0.2, 0.25) is 0 Å². The molecule has 0 aromatic rings. The molecule has 1 N–H and O–H groups in total. The monoisotopic (exact) mass is 265 g/mol. The highest BCUT2D eigenvalue weighted by atomic mass is 14.9. The molecule has 2 unspecified atom stereocenters. The van der Waals surface area contributed by atoms with E-state index in [1.54, 1.807) is 0 Å². The minimum absolute atomic E-state index is 0.907. The lowest BCUT2D eigenvalue weighted by Crippen LogP contribution is -2.36. The average molecular weight is 265 g/mol. The second kappa shape index (κ2) is 9.00. The first-order valence-corrected chi connectivity index (χ1v) is 9.13. The molecule has 2 rings (SSSR count). The Bertz CT molecular complexity index is 222. The summed E-state index contributed by atoms with van der Waals surface area (Å²) in [4.78, 5) is 0. The maximum atomic E-state index is 3.72. The van der Waals surface area contributed by atoms with E-state index in [0.29, 0.717) is 0 Å². The molecule has 0 aromatic carbocycles. The molecule has 0 saturated heterocycles. The predicted molar refractivity (Wildman–Crippen MR) is 84.5 cm³/mol. The van der Waals surface area contributed by atoms with Crippen LogP contribution in [0.4, 0.5) is 0 Å². The highest BCUT2D eigenvalue weighted by Crippen LogP contribution is 2.38. The number of hydrogen-bond acceptors (Lipinski definition) is 1. The molecule has 2 fully saturated rings. The van der Waals surface area contributed by atoms with Gasteiger partial charge in [0.15, 0.2) is 0 Å². The van der Waals surface area contributed by atoms with Crippen LogP contribution in [0, 0.1) is 11.8 Å². The van der Waals surface area contributed by atoms with Gasteiger partial charge >= 0.3 is 0 Å². The first-order chi connectivity index (χ1) is 9.40. The molecule has 1 heteroatoms. The largest absolute Gasteiger partial charge is 0.314 e. The molecular formula is C18H35N. The zero-order valence-corrected chi connectivity index (χ0v) is 13.1. The molecule has 0 amide bonds. The predicted octanol–water partition coefficient (Wildman–Crippen LogP) is 5.30. The standard InChI is InChI=1S/C18H35N/c1-2-3-4-5-6-7-8-9-10-16-11-12-17(16)15-19-18-13-14-18/h16-19H,2-15H2,1H3. The van der Waals surface area contributed by atoms with Crippen LogP contribution >= 0.6 is 0 Å². The molecule has 0 aromatic heterocycles. The molecular weight excluding hydrogens is 230 g/mol. The zero-order valence-electron chi connectivity index (χ0n) is 13.1. The second-order valence-electron chi connectivity index (χ2n) is 7.04. The van der Waals surface area contributed by atoms with Gasteiger partial charge in [-0.05, 0) is 44.1 Å². The maximum absolute atomic E-state index is 3.72. The van der Waals surface area contributed by atoms with Crippen LogP contribution in [0.15, 0.2) is 0 Å². The van der Waals surface area contributed by atoms with E-state index in [0.717, 1.165) is 17.9 Å². The van der Waals surface area contributed by atoms with Crippen LogP contribution in [-0.4, -0.2) is 12.6 Å². The Morgan fingerprint density at radius 2 is 1.37 bits per heavy atom. The summed E-state index contributed by atoms with van der Waals surface area (Å²) in [6.07, 6.45) is 19.1. The Morgan fingerprint density at radius 3 is 1.95 bits per heavy atom. The molecule has 0 bridgehead atoms. The smallest absolute Gasteiger partial charge is 0.00683 e. The second-order valence-corrected chi connectivity index (χ2v) is 7.04. The summed E-state index contributed by atoms with van der Waals surface area (Å²) in [6.45, 7) is 3.62. The van der Waals surface area contributed by atoms with E-state index in [2.05, 4.69) is 12.2 Å². The van der Waals surface area contributed by atoms with Crippen LogP contribution < -0.4 is 5.32 Å². The summed E-state index contributed by atoms with van der Waals surface area (Å²) in [5, 5.41) is 3.72. The lowest BCUT2D eigenvalue weighted by Gasteiger charge is -2.37. The van der Waals surface area contributed by atoms with Crippen molar-refractivity contribution in [2.45, 2.75) is 96.4 Å². The van der Waals surface area contributed by atoms with Crippen LogP contribution in [0.5, 0.6) is 0 Å². The topological polar surface area (TPSA) is 12.0 Å². The summed E-state index contributed by atoms with van der Waals surface area (Å²) >= 11 is 0. The van der Waals surface area contributed by atoms with Crippen LogP contribution in [0.25, 0.3) is 0 Å². The van der Waals surface area contributed by atoms with Crippen molar-refractivity contribution in [2.75, 3.05) is 6.54 Å². The van der Waals surface area contributed by atoms with Crippen LogP contribution in [0.2, 0.25) is 0 Å². The van der Waals surface area contributed by atoms with Crippen molar-refractivity contribution < 1.29 is 0 Å². The average Bonchev–Trinajstić information content (AvgIpc) is 3.20. The van der Waals surface area contributed by atoms with E-state index >= 15 is 0 Å². The Morgan fingerprint density at radius 1 is 0.737 bits per heavy atom. The van der Waals surface area contributed by atoms with Crippen molar-refractivity contribution in [1.29, 1.82) is 0 Å². The molecule has 0 aliphatic heterocycles. The zero-order chi connectivity index (χ0) is 13.3. The number of hydrogen-bond donors (Lipinski definition) is 1. The van der Waals surface area contributed by atoms with Gasteiger partial charge in [-0.15, -0.1) is 0 Å². The first-order valence-electron chi connectivity index (χ1n) is 9.13. The lowest BCUT2D eigenvalue weighted by molar-refractivity contribution is 0.155. The molecule has 112 valence electrons. The molecule has 2 aliphatic rings. The van der Waals surface area contributed by atoms with Gasteiger partial charge in [-0.2, -0.15) is 0 Å². The molecule has 0 radical (unpaired) electrons. The normalized spacial score (nSPS) is 26.4. The fraction of sp³-hybridized carbons (Fsp3) is 1.00. The van der Waals surface area contributed by atoms with Gasteiger partial charge in [0, 0.05) is 6.04 Å². The SMILES string of the molecule is CCCCCCCCCCC1CCC1CNC1CC1. The minimum Gasteiger partial charge on any atom is -0.314 e. The quantitative estimate of drug-likeness (QED) is 0.472. The Balaban J connectivity index is 1.36. The van der Waals surface area contributed by atoms with E-state index in [9.17, 15) is 0 Å². The third kappa shape index (κ3) is 6.29. The van der Waals surface area contributed by atoms with Gasteiger partial charge in [-0.25, -0.2) is 0 Å². The van der Waals surface area contributed by atoms with E-state index in [1.807, 2.05) is 0 Å². The van der Waals surface area contributed by atoms with E-state index < -0.39 is 0 Å². The molecule has 2 atom stereocenters. The molecule has 19 heavy (non-hydrogen) atoms. The highest BCUT2D eigenvalue weighted by Gasteiger charge is 2.31. The number of unbranched alkanes of at least 4 members (excludes halogenated alkanes) is 7. The fourth-order valence-corrected chi connectivity index (χ4v) is 3.43. The van der Waals surface area contributed by atoms with Gasteiger partial charge in [0.1, 0.15) is 0 Å². The first kappa shape index (κ1) is 15.4. The van der Waals surface area contributed by atoms with Gasteiger partial charge in [0.25, 0.3) is 0 Å². The Hall–Kier alpha value is -0.0400. The Kier molecular flexibility index (Phi) is 7.27. The number of nitrogens with one attached hydrogen (secondary N) is 1. The van der Waals surface area contributed by atoms with Crippen molar-refractivity contribution in [3.8, 4) is 0 Å². The van der Waals surface area contributed by atoms with Crippen molar-refractivity contribution in [3.05, 3.63) is 0 Å². The molecule has 2 aliphatic carbocycles. The summed E-state index contributed by atoms with van der Waals surface area (Å²) in [5.41, 5.74) is 0. The third-order valence-electron chi connectivity index (χ3n) is 5.25. The van der Waals surface area contributed by atoms with Gasteiger partial charge in [-0.1, -0.05) is 64.7 Å². The van der Waals surface area contributed by atoms with E-state index in [4.69, 9.17) is 0 Å². The lowest BCUT2D eigenvalue weighted by atomic mass is 9.71. The molecule has 2 saturated carbocycles. The molecule has 1 nitrogen and oxygen atoms in total. The molecule has 0 heterocycles. The van der Waals surface area contributed by atoms with Crippen LogP contribution in [-0.2, 0) is 0 Å². The fourth-order valence-electron chi connectivity index (χ4n) is 3.43. The van der Waals surface area contributed by atoms with Crippen molar-refractivity contribution in [1.82, 2.24) is 5.32 Å². The van der Waals surface area contributed by atoms with Crippen molar-refractivity contribution >= 4 is 0 Å². The summed E-state index contributed by atoms with van der Waals surface area (Å²) in [6, 6.07) is 0.907. The summed E-state index contributed by atoms with van der Waals surface area (Å²) < 4.78 is 0. The highest BCUT2D eigenvalue weighted by molar-refractivity contribution is 4.87. The Labute approximate surface area is 120 Å². The van der Waals surface area contributed by atoms with E-state index in [-0.39, 0.29) is 0 Å². The summed E-state index contributed by atoms with van der Waals surface area (Å²) in [7, 11) is 0.